The summed E-state index contributed by atoms with van der Waals surface area (Å²) >= 11 is 2.22. The fourth-order valence-corrected chi connectivity index (χ4v) is 1.90. The molecule has 0 bridgehead atoms. The molecule has 1 N–H and O–H groups in total. The topological polar surface area (TPSA) is 37.3 Å². The number of aliphatic carboxylic acids is 1. The zero-order valence-corrected chi connectivity index (χ0v) is 9.70. The van der Waals surface area contributed by atoms with E-state index in [4.69, 9.17) is 5.11 Å². The summed E-state index contributed by atoms with van der Waals surface area (Å²) in [4.78, 5) is 10.7. The molecule has 1 aromatic rings. The Balaban J connectivity index is 3.08. The van der Waals surface area contributed by atoms with Crippen molar-refractivity contribution >= 4 is 28.6 Å². The first kappa shape index (κ1) is 10.5. The molecule has 0 spiro atoms. The van der Waals surface area contributed by atoms with Crippen LogP contribution in [0.25, 0.3) is 0 Å². The number of hydrogen-bond donors (Lipinski definition) is 1. The molecule has 0 radical (unpaired) electrons. The van der Waals surface area contributed by atoms with Crippen LogP contribution in [0.1, 0.15) is 24.0 Å². The monoisotopic (exact) mass is 290 g/mol. The van der Waals surface area contributed by atoms with Crippen molar-refractivity contribution in [3.63, 3.8) is 0 Å². The number of carbonyl (C=O) groups is 1. The van der Waals surface area contributed by atoms with E-state index in [1.807, 2.05) is 25.1 Å². The van der Waals surface area contributed by atoms with Gasteiger partial charge >= 0.3 is 5.97 Å². The van der Waals surface area contributed by atoms with Crippen molar-refractivity contribution in [3.05, 3.63) is 32.9 Å². The molecule has 2 nitrogen and oxygen atoms in total. The van der Waals surface area contributed by atoms with E-state index in [0.717, 1.165) is 14.7 Å². The Hall–Kier alpha value is -0.580. The van der Waals surface area contributed by atoms with Crippen LogP contribution in [0.4, 0.5) is 0 Å². The highest BCUT2D eigenvalue weighted by Gasteiger charge is 2.15. The van der Waals surface area contributed by atoms with Gasteiger partial charge in [0.15, 0.2) is 0 Å². The Labute approximate surface area is 91.1 Å². The van der Waals surface area contributed by atoms with Gasteiger partial charge in [-0.25, -0.2) is 0 Å². The van der Waals surface area contributed by atoms with E-state index in [0.29, 0.717) is 0 Å². The number of carboxylic acids is 1. The SMILES string of the molecule is Cc1cc(I)ccc1C(C)C(=O)O. The number of halogens is 1. The number of benzene rings is 1. The molecule has 1 aromatic carbocycles. The summed E-state index contributed by atoms with van der Waals surface area (Å²) in [5.41, 5.74) is 1.94. The maximum absolute atomic E-state index is 10.7. The molecule has 0 saturated carbocycles. The van der Waals surface area contributed by atoms with Gasteiger partial charge in [-0.2, -0.15) is 0 Å². The molecule has 3 heteroatoms. The normalized spacial score (nSPS) is 12.5. The predicted molar refractivity (Wildman–Crippen MR) is 59.9 cm³/mol. The second kappa shape index (κ2) is 4.09. The van der Waals surface area contributed by atoms with Crippen LogP contribution < -0.4 is 0 Å². The minimum absolute atomic E-state index is 0.419. The average Bonchev–Trinajstić information content (AvgIpc) is 2.03. The first-order valence-corrected chi connectivity index (χ1v) is 5.09. The molecule has 0 aliphatic rings. The van der Waals surface area contributed by atoms with Crippen molar-refractivity contribution in [1.82, 2.24) is 0 Å². The zero-order chi connectivity index (χ0) is 10.0. The third-order valence-corrected chi connectivity index (χ3v) is 2.74. The van der Waals surface area contributed by atoms with Gasteiger partial charge < -0.3 is 5.11 Å². The van der Waals surface area contributed by atoms with E-state index in [2.05, 4.69) is 22.6 Å². The zero-order valence-electron chi connectivity index (χ0n) is 7.54. The minimum Gasteiger partial charge on any atom is -0.481 e. The summed E-state index contributed by atoms with van der Waals surface area (Å²) in [7, 11) is 0. The Bertz CT molecular complexity index is 334. The third kappa shape index (κ3) is 2.43. The summed E-state index contributed by atoms with van der Waals surface area (Å²) in [6, 6.07) is 5.81. The molecule has 0 amide bonds. The number of aryl methyl sites for hydroxylation is 1. The van der Waals surface area contributed by atoms with E-state index in [-0.39, 0.29) is 0 Å². The molecule has 70 valence electrons. The lowest BCUT2D eigenvalue weighted by Gasteiger charge is -2.10. The first-order valence-electron chi connectivity index (χ1n) is 4.01. The van der Waals surface area contributed by atoms with Crippen molar-refractivity contribution in [2.45, 2.75) is 19.8 Å². The van der Waals surface area contributed by atoms with E-state index in [9.17, 15) is 4.79 Å². The van der Waals surface area contributed by atoms with Crippen LogP contribution in [0.3, 0.4) is 0 Å². The molecule has 0 heterocycles. The lowest BCUT2D eigenvalue weighted by atomic mass is 9.97. The average molecular weight is 290 g/mol. The summed E-state index contributed by atoms with van der Waals surface area (Å²) < 4.78 is 1.14. The molecule has 1 rings (SSSR count). The lowest BCUT2D eigenvalue weighted by Crippen LogP contribution is -2.08. The Kier molecular flexibility index (Phi) is 3.30. The number of hydrogen-bond acceptors (Lipinski definition) is 1. The fourth-order valence-electron chi connectivity index (χ4n) is 1.26. The van der Waals surface area contributed by atoms with Crippen molar-refractivity contribution in [3.8, 4) is 0 Å². The quantitative estimate of drug-likeness (QED) is 0.850. The van der Waals surface area contributed by atoms with Crippen LogP contribution in [-0.2, 0) is 4.79 Å². The second-order valence-corrected chi connectivity index (χ2v) is 4.31. The highest BCUT2D eigenvalue weighted by molar-refractivity contribution is 14.1. The smallest absolute Gasteiger partial charge is 0.310 e. The summed E-state index contributed by atoms with van der Waals surface area (Å²) in [5.74, 6) is -1.19. The van der Waals surface area contributed by atoms with Gasteiger partial charge in [0.05, 0.1) is 5.92 Å². The van der Waals surface area contributed by atoms with Crippen molar-refractivity contribution in [1.29, 1.82) is 0 Å². The summed E-state index contributed by atoms with van der Waals surface area (Å²) in [5, 5.41) is 8.83. The van der Waals surface area contributed by atoms with E-state index in [1.54, 1.807) is 6.92 Å². The Morgan fingerprint density at radius 2 is 2.15 bits per heavy atom. The lowest BCUT2D eigenvalue weighted by molar-refractivity contribution is -0.138. The van der Waals surface area contributed by atoms with Crippen molar-refractivity contribution < 1.29 is 9.90 Å². The standard InChI is InChI=1S/C10H11IO2/c1-6-5-8(11)3-4-9(6)7(2)10(12)13/h3-5,7H,1-2H3,(H,12,13). The minimum atomic E-state index is -0.774. The molecule has 1 atom stereocenters. The Morgan fingerprint density at radius 3 is 2.62 bits per heavy atom. The number of rotatable bonds is 2. The molecule has 0 saturated heterocycles. The van der Waals surface area contributed by atoms with E-state index in [1.165, 1.54) is 0 Å². The molecule has 0 aromatic heterocycles. The van der Waals surface area contributed by atoms with Gasteiger partial charge in [0, 0.05) is 3.57 Å². The largest absolute Gasteiger partial charge is 0.481 e. The molecular weight excluding hydrogens is 279 g/mol. The van der Waals surface area contributed by atoms with Gasteiger partial charge in [0.25, 0.3) is 0 Å². The van der Waals surface area contributed by atoms with E-state index >= 15 is 0 Å². The van der Waals surface area contributed by atoms with Gasteiger partial charge in [0.1, 0.15) is 0 Å². The first-order chi connectivity index (χ1) is 6.02. The maximum Gasteiger partial charge on any atom is 0.310 e. The summed E-state index contributed by atoms with van der Waals surface area (Å²) in [6.45, 7) is 3.65. The van der Waals surface area contributed by atoms with Crippen LogP contribution in [0.2, 0.25) is 0 Å². The van der Waals surface area contributed by atoms with Crippen LogP contribution >= 0.6 is 22.6 Å². The maximum atomic E-state index is 10.7. The van der Waals surface area contributed by atoms with Gasteiger partial charge in [0.2, 0.25) is 0 Å². The third-order valence-electron chi connectivity index (χ3n) is 2.07. The molecular formula is C10H11IO2. The number of carboxylic acid groups (broad SMARTS) is 1. The van der Waals surface area contributed by atoms with Gasteiger partial charge in [-0.15, -0.1) is 0 Å². The second-order valence-electron chi connectivity index (χ2n) is 3.06. The molecule has 0 aliphatic carbocycles. The summed E-state index contributed by atoms with van der Waals surface area (Å²) in [6.07, 6.45) is 0. The Morgan fingerprint density at radius 1 is 1.54 bits per heavy atom. The highest BCUT2D eigenvalue weighted by atomic mass is 127. The predicted octanol–water partition coefficient (Wildman–Crippen LogP) is 2.79. The van der Waals surface area contributed by atoms with Crippen molar-refractivity contribution in [2.75, 3.05) is 0 Å². The van der Waals surface area contributed by atoms with Gasteiger partial charge in [-0.05, 0) is 59.7 Å². The van der Waals surface area contributed by atoms with Gasteiger partial charge in [-0.1, -0.05) is 6.07 Å². The molecule has 1 unspecified atom stereocenters. The van der Waals surface area contributed by atoms with Gasteiger partial charge in [-0.3, -0.25) is 4.79 Å². The van der Waals surface area contributed by atoms with Crippen LogP contribution in [0.5, 0.6) is 0 Å². The van der Waals surface area contributed by atoms with Crippen molar-refractivity contribution in [2.24, 2.45) is 0 Å². The van der Waals surface area contributed by atoms with E-state index < -0.39 is 11.9 Å². The molecule has 13 heavy (non-hydrogen) atoms. The van der Waals surface area contributed by atoms with Crippen LogP contribution in [0, 0.1) is 10.5 Å². The highest BCUT2D eigenvalue weighted by Crippen LogP contribution is 2.21. The van der Waals surface area contributed by atoms with Crippen LogP contribution in [0.15, 0.2) is 18.2 Å². The fraction of sp³-hybridized carbons (Fsp3) is 0.300. The molecule has 0 aliphatic heterocycles. The molecule has 0 fully saturated rings. The van der Waals surface area contributed by atoms with Crippen LogP contribution in [-0.4, -0.2) is 11.1 Å².